The molecule has 0 spiro atoms. The van der Waals surface area contributed by atoms with Crippen LogP contribution in [0, 0.1) is 0 Å². The summed E-state index contributed by atoms with van der Waals surface area (Å²) in [7, 11) is -3.39. The minimum absolute atomic E-state index is 0.124. The predicted octanol–water partition coefficient (Wildman–Crippen LogP) is 2.31. The minimum Gasteiger partial charge on any atom is -0.464 e. The molecular weight excluding hydrogens is 296 g/mol. The molecule has 1 aromatic carbocycles. The number of carbonyl (C=O) groups excluding carboxylic acids is 1. The fraction of sp³-hybridized carbons (Fsp3) is 0.214. The molecule has 2 aromatic rings. The Morgan fingerprint density at radius 3 is 2.50 bits per heavy atom. The lowest BCUT2D eigenvalue weighted by Gasteiger charge is -2.05. The number of carbonyl (C=O) groups is 1. The van der Waals surface area contributed by atoms with E-state index in [9.17, 15) is 13.2 Å². The van der Waals surface area contributed by atoms with E-state index in [2.05, 4.69) is 0 Å². The molecule has 20 heavy (non-hydrogen) atoms. The molecule has 2 rings (SSSR count). The summed E-state index contributed by atoms with van der Waals surface area (Å²) in [5.41, 5.74) is 0. The van der Waals surface area contributed by atoms with Crippen molar-refractivity contribution in [3.63, 3.8) is 0 Å². The van der Waals surface area contributed by atoms with Gasteiger partial charge in [0, 0.05) is 4.88 Å². The molecule has 6 heteroatoms. The van der Waals surface area contributed by atoms with Crippen LogP contribution in [0.25, 0.3) is 0 Å². The summed E-state index contributed by atoms with van der Waals surface area (Å²) in [5.74, 6) is -0.608. The first-order valence-corrected chi connectivity index (χ1v) is 8.57. The quantitative estimate of drug-likeness (QED) is 0.768. The molecule has 0 saturated heterocycles. The van der Waals surface area contributed by atoms with Crippen molar-refractivity contribution in [2.24, 2.45) is 0 Å². The SMILES string of the molecule is O=C(Cc1cccs1)OCCS(=O)(=O)c1ccccc1. The van der Waals surface area contributed by atoms with E-state index >= 15 is 0 Å². The number of hydrogen-bond donors (Lipinski definition) is 0. The molecule has 0 aliphatic rings. The standard InChI is InChI=1S/C14H14O4S2/c15-14(11-12-5-4-9-19-12)18-8-10-20(16,17)13-6-2-1-3-7-13/h1-7,9H,8,10-11H2. The van der Waals surface area contributed by atoms with E-state index in [4.69, 9.17) is 4.74 Å². The Labute approximate surface area is 121 Å². The van der Waals surface area contributed by atoms with Gasteiger partial charge in [0.05, 0.1) is 17.1 Å². The Kier molecular flexibility index (Phi) is 4.92. The van der Waals surface area contributed by atoms with Gasteiger partial charge in [-0.3, -0.25) is 4.79 Å². The maximum Gasteiger partial charge on any atom is 0.311 e. The van der Waals surface area contributed by atoms with E-state index in [1.54, 1.807) is 18.2 Å². The second-order valence-electron chi connectivity index (χ2n) is 4.11. The average Bonchev–Trinajstić information content (AvgIpc) is 2.92. The van der Waals surface area contributed by atoms with Crippen molar-refractivity contribution in [1.82, 2.24) is 0 Å². The summed E-state index contributed by atoms with van der Waals surface area (Å²) in [5, 5.41) is 1.88. The Morgan fingerprint density at radius 2 is 1.85 bits per heavy atom. The van der Waals surface area contributed by atoms with E-state index < -0.39 is 15.8 Å². The lowest BCUT2D eigenvalue weighted by atomic mass is 10.3. The molecular formula is C14H14O4S2. The molecule has 106 valence electrons. The maximum atomic E-state index is 11.9. The number of esters is 1. The number of thiophene rings is 1. The van der Waals surface area contributed by atoms with Crippen LogP contribution in [0.2, 0.25) is 0 Å². The zero-order valence-electron chi connectivity index (χ0n) is 10.7. The van der Waals surface area contributed by atoms with Gasteiger partial charge < -0.3 is 4.74 Å². The van der Waals surface area contributed by atoms with Crippen molar-refractivity contribution in [3.8, 4) is 0 Å². The summed E-state index contributed by atoms with van der Waals surface area (Å²) in [4.78, 5) is 12.7. The molecule has 1 aromatic heterocycles. The Morgan fingerprint density at radius 1 is 1.10 bits per heavy atom. The third-order valence-electron chi connectivity index (χ3n) is 2.62. The van der Waals surface area contributed by atoms with Crippen LogP contribution >= 0.6 is 11.3 Å². The van der Waals surface area contributed by atoms with Crippen molar-refractivity contribution in [2.75, 3.05) is 12.4 Å². The zero-order valence-corrected chi connectivity index (χ0v) is 12.3. The summed E-state index contributed by atoms with van der Waals surface area (Å²) < 4.78 is 28.8. The van der Waals surface area contributed by atoms with Gasteiger partial charge in [0.15, 0.2) is 9.84 Å². The molecule has 0 atom stereocenters. The normalized spacial score (nSPS) is 11.2. The number of hydrogen-bond acceptors (Lipinski definition) is 5. The van der Waals surface area contributed by atoms with E-state index in [0.29, 0.717) is 0 Å². The van der Waals surface area contributed by atoms with Crippen LogP contribution in [0.1, 0.15) is 4.88 Å². The van der Waals surface area contributed by atoms with Gasteiger partial charge in [0.25, 0.3) is 0 Å². The van der Waals surface area contributed by atoms with Gasteiger partial charge in [0.1, 0.15) is 6.61 Å². The fourth-order valence-electron chi connectivity index (χ4n) is 1.62. The van der Waals surface area contributed by atoms with Crippen molar-refractivity contribution >= 4 is 27.1 Å². The van der Waals surface area contributed by atoms with Gasteiger partial charge in [-0.1, -0.05) is 24.3 Å². The third-order valence-corrected chi connectivity index (χ3v) is 5.19. The molecule has 4 nitrogen and oxygen atoms in total. The lowest BCUT2D eigenvalue weighted by Crippen LogP contribution is -2.16. The highest BCUT2D eigenvalue weighted by Crippen LogP contribution is 2.11. The summed E-state index contributed by atoms with van der Waals surface area (Å²) in [6, 6.07) is 11.8. The summed E-state index contributed by atoms with van der Waals surface area (Å²) >= 11 is 1.47. The van der Waals surface area contributed by atoms with E-state index in [0.717, 1.165) is 4.88 Å². The average molecular weight is 310 g/mol. The van der Waals surface area contributed by atoms with Crippen LogP contribution < -0.4 is 0 Å². The summed E-state index contributed by atoms with van der Waals surface area (Å²) in [6.07, 6.45) is 0.184. The Bertz CT molecular complexity index is 646. The lowest BCUT2D eigenvalue weighted by molar-refractivity contribution is -0.142. The number of rotatable bonds is 6. The largest absolute Gasteiger partial charge is 0.464 e. The van der Waals surface area contributed by atoms with Gasteiger partial charge in [0.2, 0.25) is 0 Å². The zero-order chi connectivity index (χ0) is 14.4. The van der Waals surface area contributed by atoms with Crippen LogP contribution in [0.4, 0.5) is 0 Å². The molecule has 0 amide bonds. The first-order valence-electron chi connectivity index (χ1n) is 6.04. The molecule has 0 fully saturated rings. The molecule has 0 N–H and O–H groups in total. The van der Waals surface area contributed by atoms with Gasteiger partial charge in [-0.25, -0.2) is 8.42 Å². The predicted molar refractivity (Wildman–Crippen MR) is 77.5 cm³/mol. The second-order valence-corrected chi connectivity index (χ2v) is 7.25. The number of ether oxygens (including phenoxy) is 1. The Balaban J connectivity index is 1.82. The fourth-order valence-corrected chi connectivity index (χ4v) is 3.42. The monoisotopic (exact) mass is 310 g/mol. The van der Waals surface area contributed by atoms with E-state index in [1.807, 2.05) is 17.5 Å². The van der Waals surface area contributed by atoms with Gasteiger partial charge >= 0.3 is 5.97 Å². The molecule has 0 saturated carbocycles. The molecule has 1 heterocycles. The van der Waals surface area contributed by atoms with E-state index in [-0.39, 0.29) is 23.7 Å². The van der Waals surface area contributed by atoms with Crippen LogP contribution in [-0.4, -0.2) is 26.7 Å². The first kappa shape index (κ1) is 14.7. The van der Waals surface area contributed by atoms with Gasteiger partial charge in [-0.2, -0.15) is 0 Å². The number of sulfone groups is 1. The highest BCUT2D eigenvalue weighted by molar-refractivity contribution is 7.91. The van der Waals surface area contributed by atoms with Crippen LogP contribution in [0.5, 0.6) is 0 Å². The van der Waals surface area contributed by atoms with Crippen LogP contribution in [0.15, 0.2) is 52.7 Å². The summed E-state index contributed by atoms with van der Waals surface area (Å²) in [6.45, 7) is -0.124. The molecule has 0 radical (unpaired) electrons. The van der Waals surface area contributed by atoms with Crippen LogP contribution in [-0.2, 0) is 25.8 Å². The van der Waals surface area contributed by atoms with Gasteiger partial charge in [-0.15, -0.1) is 11.3 Å². The third kappa shape index (κ3) is 4.18. The van der Waals surface area contributed by atoms with Crippen molar-refractivity contribution in [2.45, 2.75) is 11.3 Å². The van der Waals surface area contributed by atoms with Crippen molar-refractivity contribution in [3.05, 3.63) is 52.7 Å². The topological polar surface area (TPSA) is 60.4 Å². The van der Waals surface area contributed by atoms with Crippen LogP contribution in [0.3, 0.4) is 0 Å². The minimum atomic E-state index is -3.39. The van der Waals surface area contributed by atoms with E-state index in [1.165, 1.54) is 23.5 Å². The maximum absolute atomic E-state index is 11.9. The highest BCUT2D eigenvalue weighted by atomic mass is 32.2. The smallest absolute Gasteiger partial charge is 0.311 e. The van der Waals surface area contributed by atoms with Gasteiger partial charge in [-0.05, 0) is 23.6 Å². The number of benzene rings is 1. The Hall–Kier alpha value is -1.66. The molecule has 0 aliphatic heterocycles. The molecule has 0 bridgehead atoms. The molecule has 0 unspecified atom stereocenters. The van der Waals surface area contributed by atoms with Crippen molar-refractivity contribution < 1.29 is 17.9 Å². The molecule has 0 aliphatic carbocycles. The second kappa shape index (κ2) is 6.67. The highest BCUT2D eigenvalue weighted by Gasteiger charge is 2.15. The van der Waals surface area contributed by atoms with Crippen molar-refractivity contribution in [1.29, 1.82) is 0 Å². The first-order chi connectivity index (χ1) is 9.58.